The first-order chi connectivity index (χ1) is 6.55. The van der Waals surface area contributed by atoms with Gasteiger partial charge in [0.05, 0.1) is 5.02 Å². The van der Waals surface area contributed by atoms with Gasteiger partial charge in [0.1, 0.15) is 18.4 Å². The van der Waals surface area contributed by atoms with E-state index in [0.717, 1.165) is 0 Å². The van der Waals surface area contributed by atoms with Gasteiger partial charge in [-0.25, -0.2) is 0 Å². The first-order valence-electron chi connectivity index (χ1n) is 4.06. The smallest absolute Gasteiger partial charge is 0.182 e. The van der Waals surface area contributed by atoms with Crippen molar-refractivity contribution >= 4 is 11.6 Å². The maximum atomic E-state index is 9.35. The average molecular weight is 212 g/mol. The lowest BCUT2D eigenvalue weighted by molar-refractivity contribution is 0.0611. The summed E-state index contributed by atoms with van der Waals surface area (Å²) in [5, 5.41) is 18.3. The number of ether oxygens (including phenoxy) is 1. The zero-order valence-corrected chi connectivity index (χ0v) is 8.45. The van der Waals surface area contributed by atoms with Gasteiger partial charge in [0.15, 0.2) is 5.60 Å². The Morgan fingerprint density at radius 3 is 2.79 bits per heavy atom. The highest BCUT2D eigenvalue weighted by molar-refractivity contribution is 6.32. The van der Waals surface area contributed by atoms with Crippen LogP contribution < -0.4 is 4.74 Å². The molecule has 4 heteroatoms. The van der Waals surface area contributed by atoms with Gasteiger partial charge < -0.3 is 9.84 Å². The second-order valence-corrected chi connectivity index (χ2v) is 3.51. The molecule has 0 saturated heterocycles. The molecule has 74 valence electrons. The molecular formula is C10H10ClNO2. The Morgan fingerprint density at radius 2 is 2.21 bits per heavy atom. The molecule has 1 N–H and O–H groups in total. The van der Waals surface area contributed by atoms with Crippen molar-refractivity contribution in [2.75, 3.05) is 6.61 Å². The van der Waals surface area contributed by atoms with E-state index in [0.29, 0.717) is 10.8 Å². The van der Waals surface area contributed by atoms with E-state index >= 15 is 0 Å². The van der Waals surface area contributed by atoms with Crippen LogP contribution in [0.5, 0.6) is 5.75 Å². The van der Waals surface area contributed by atoms with E-state index in [1.807, 2.05) is 0 Å². The van der Waals surface area contributed by atoms with Crippen molar-refractivity contribution in [3.05, 3.63) is 29.3 Å². The van der Waals surface area contributed by atoms with E-state index in [1.54, 1.807) is 30.3 Å². The minimum atomic E-state index is -1.49. The fourth-order valence-corrected chi connectivity index (χ4v) is 1.00. The van der Waals surface area contributed by atoms with Gasteiger partial charge in [-0.1, -0.05) is 23.7 Å². The molecule has 1 unspecified atom stereocenters. The van der Waals surface area contributed by atoms with Crippen LogP contribution in [0.4, 0.5) is 0 Å². The molecule has 0 aliphatic carbocycles. The molecule has 0 bridgehead atoms. The van der Waals surface area contributed by atoms with Crippen LogP contribution in [0.25, 0.3) is 0 Å². The molecule has 0 saturated carbocycles. The Bertz CT molecular complexity index is 357. The molecular weight excluding hydrogens is 202 g/mol. The number of aliphatic hydroxyl groups is 1. The molecule has 0 aliphatic rings. The van der Waals surface area contributed by atoms with Crippen molar-refractivity contribution in [1.82, 2.24) is 0 Å². The molecule has 0 spiro atoms. The van der Waals surface area contributed by atoms with E-state index in [9.17, 15) is 5.11 Å². The Hall–Kier alpha value is -1.24. The van der Waals surface area contributed by atoms with Crippen LogP contribution in [0.3, 0.4) is 0 Å². The summed E-state index contributed by atoms with van der Waals surface area (Å²) in [5.74, 6) is 0.463. The lowest BCUT2D eigenvalue weighted by atomic mass is 10.1. The summed E-state index contributed by atoms with van der Waals surface area (Å²) < 4.78 is 5.19. The molecule has 0 aliphatic heterocycles. The van der Waals surface area contributed by atoms with Crippen LogP contribution in [-0.2, 0) is 0 Å². The second kappa shape index (κ2) is 4.32. The predicted molar refractivity (Wildman–Crippen MR) is 53.2 cm³/mol. The first-order valence-corrected chi connectivity index (χ1v) is 4.44. The number of benzene rings is 1. The third kappa shape index (κ3) is 2.91. The largest absolute Gasteiger partial charge is 0.488 e. The molecule has 1 rings (SSSR count). The van der Waals surface area contributed by atoms with Gasteiger partial charge in [-0.3, -0.25) is 0 Å². The van der Waals surface area contributed by atoms with Crippen LogP contribution in [0.2, 0.25) is 5.02 Å². The SMILES string of the molecule is CC(O)(C#N)COc1ccccc1Cl. The maximum Gasteiger partial charge on any atom is 0.182 e. The summed E-state index contributed by atoms with van der Waals surface area (Å²) in [6, 6.07) is 8.62. The summed E-state index contributed by atoms with van der Waals surface area (Å²) in [7, 11) is 0. The Kier molecular flexibility index (Phi) is 3.34. The van der Waals surface area contributed by atoms with Gasteiger partial charge in [0.25, 0.3) is 0 Å². The van der Waals surface area contributed by atoms with Gasteiger partial charge >= 0.3 is 0 Å². The summed E-state index contributed by atoms with van der Waals surface area (Å²) in [6.07, 6.45) is 0. The van der Waals surface area contributed by atoms with E-state index in [4.69, 9.17) is 21.6 Å². The Morgan fingerprint density at radius 1 is 1.57 bits per heavy atom. The fraction of sp³-hybridized carbons (Fsp3) is 0.300. The van der Waals surface area contributed by atoms with Crippen LogP contribution in [0, 0.1) is 11.3 Å². The highest BCUT2D eigenvalue weighted by Crippen LogP contribution is 2.23. The van der Waals surface area contributed by atoms with E-state index in [1.165, 1.54) is 6.92 Å². The highest BCUT2D eigenvalue weighted by atomic mass is 35.5. The van der Waals surface area contributed by atoms with Crippen molar-refractivity contribution < 1.29 is 9.84 Å². The number of hydrogen-bond acceptors (Lipinski definition) is 3. The van der Waals surface area contributed by atoms with Crippen molar-refractivity contribution in [1.29, 1.82) is 5.26 Å². The quantitative estimate of drug-likeness (QED) is 0.778. The first kappa shape index (κ1) is 10.8. The third-order valence-electron chi connectivity index (χ3n) is 1.59. The normalized spacial score (nSPS) is 14.1. The lowest BCUT2D eigenvalue weighted by Gasteiger charge is -2.15. The fourth-order valence-electron chi connectivity index (χ4n) is 0.812. The van der Waals surface area contributed by atoms with Crippen molar-refractivity contribution in [2.24, 2.45) is 0 Å². The highest BCUT2D eigenvalue weighted by Gasteiger charge is 2.20. The van der Waals surface area contributed by atoms with E-state index in [2.05, 4.69) is 0 Å². The summed E-state index contributed by atoms with van der Waals surface area (Å²) >= 11 is 5.81. The number of nitriles is 1. The molecule has 0 heterocycles. The number of para-hydroxylation sites is 1. The van der Waals surface area contributed by atoms with Gasteiger partial charge in [-0.2, -0.15) is 5.26 Å². The molecule has 3 nitrogen and oxygen atoms in total. The molecule has 1 aromatic rings. The number of hydrogen-bond donors (Lipinski definition) is 1. The molecule has 0 aromatic heterocycles. The lowest BCUT2D eigenvalue weighted by Crippen LogP contribution is -2.30. The molecule has 14 heavy (non-hydrogen) atoms. The summed E-state index contributed by atoms with van der Waals surface area (Å²) in [4.78, 5) is 0. The molecule has 0 fully saturated rings. The van der Waals surface area contributed by atoms with Crippen molar-refractivity contribution in [2.45, 2.75) is 12.5 Å². The number of nitrogens with zero attached hydrogens (tertiary/aromatic N) is 1. The summed E-state index contributed by atoms with van der Waals surface area (Å²) in [6.45, 7) is 1.27. The van der Waals surface area contributed by atoms with E-state index < -0.39 is 5.60 Å². The van der Waals surface area contributed by atoms with Gasteiger partial charge in [-0.05, 0) is 19.1 Å². The topological polar surface area (TPSA) is 53.2 Å². The van der Waals surface area contributed by atoms with Gasteiger partial charge in [0.2, 0.25) is 0 Å². The summed E-state index contributed by atoms with van der Waals surface area (Å²) in [5.41, 5.74) is -1.49. The standard InChI is InChI=1S/C10H10ClNO2/c1-10(13,6-12)7-14-9-5-3-2-4-8(9)11/h2-5,13H,7H2,1H3. The molecule has 0 radical (unpaired) electrons. The van der Waals surface area contributed by atoms with E-state index in [-0.39, 0.29) is 6.61 Å². The van der Waals surface area contributed by atoms with Crippen LogP contribution in [0.15, 0.2) is 24.3 Å². The Balaban J connectivity index is 2.64. The molecule has 0 amide bonds. The second-order valence-electron chi connectivity index (χ2n) is 3.10. The number of halogens is 1. The minimum absolute atomic E-state index is 0.104. The Labute approximate surface area is 87.5 Å². The monoisotopic (exact) mass is 211 g/mol. The van der Waals surface area contributed by atoms with Crippen LogP contribution in [0.1, 0.15) is 6.92 Å². The third-order valence-corrected chi connectivity index (χ3v) is 1.90. The van der Waals surface area contributed by atoms with Crippen molar-refractivity contribution in [3.8, 4) is 11.8 Å². The van der Waals surface area contributed by atoms with Crippen LogP contribution >= 0.6 is 11.6 Å². The zero-order chi connectivity index (χ0) is 10.6. The van der Waals surface area contributed by atoms with Gasteiger partial charge in [0, 0.05) is 0 Å². The molecule has 1 atom stereocenters. The van der Waals surface area contributed by atoms with Crippen LogP contribution in [-0.4, -0.2) is 17.3 Å². The predicted octanol–water partition coefficient (Wildman–Crippen LogP) is 1.99. The minimum Gasteiger partial charge on any atom is -0.488 e. The van der Waals surface area contributed by atoms with Crippen molar-refractivity contribution in [3.63, 3.8) is 0 Å². The number of rotatable bonds is 3. The molecule has 1 aromatic carbocycles. The van der Waals surface area contributed by atoms with Gasteiger partial charge in [-0.15, -0.1) is 0 Å². The zero-order valence-electron chi connectivity index (χ0n) is 7.70. The maximum absolute atomic E-state index is 9.35. The average Bonchev–Trinajstić information content (AvgIpc) is 2.17.